The molecule has 0 unspecified atom stereocenters. The lowest BCUT2D eigenvalue weighted by atomic mass is 9.96. The molecule has 0 bridgehead atoms. The minimum absolute atomic E-state index is 0.979. The molecule has 1 heteroatoms. The average molecular weight is 508 g/mol. The first-order valence-corrected chi connectivity index (χ1v) is 14.0. The van der Waals surface area contributed by atoms with Gasteiger partial charge in [0.1, 0.15) is 0 Å². The van der Waals surface area contributed by atoms with Crippen molar-refractivity contribution in [1.29, 1.82) is 0 Å². The molecule has 1 aromatic heterocycles. The van der Waals surface area contributed by atoms with Crippen LogP contribution in [0, 0.1) is 0 Å². The van der Waals surface area contributed by atoms with Crippen LogP contribution < -0.4 is 0 Å². The minimum atomic E-state index is 0.979. The molecule has 0 amide bonds. The van der Waals surface area contributed by atoms with Crippen LogP contribution in [0.25, 0.3) is 71.3 Å². The molecule has 1 nitrogen and oxygen atoms in total. The summed E-state index contributed by atoms with van der Waals surface area (Å²) < 4.78 is 2.46. The van der Waals surface area contributed by atoms with E-state index in [1.807, 2.05) is 0 Å². The van der Waals surface area contributed by atoms with Gasteiger partial charge in [-0.15, -0.1) is 0 Å². The second-order valence-electron chi connectivity index (χ2n) is 11.0. The highest BCUT2D eigenvalue weighted by atomic mass is 15.0. The van der Waals surface area contributed by atoms with E-state index in [0.717, 1.165) is 6.42 Å². The zero-order valence-electron chi connectivity index (χ0n) is 21.9. The lowest BCUT2D eigenvalue weighted by Crippen LogP contribution is -1.93. The van der Waals surface area contributed by atoms with Crippen molar-refractivity contribution >= 4 is 43.4 Å². The molecule has 0 saturated heterocycles. The summed E-state index contributed by atoms with van der Waals surface area (Å²) in [6, 6.07) is 51.3. The summed E-state index contributed by atoms with van der Waals surface area (Å²) in [5.41, 5.74) is 11.8. The molecule has 0 spiro atoms. The molecule has 0 saturated carbocycles. The molecule has 0 N–H and O–H groups in total. The Hall–Kier alpha value is -5.14. The van der Waals surface area contributed by atoms with Gasteiger partial charge >= 0.3 is 0 Å². The number of fused-ring (bicyclic) bond motifs is 10. The summed E-state index contributed by atoms with van der Waals surface area (Å²) in [4.78, 5) is 0. The van der Waals surface area contributed by atoms with Crippen LogP contribution >= 0.6 is 0 Å². The Kier molecular flexibility index (Phi) is 4.45. The van der Waals surface area contributed by atoms with Crippen LogP contribution in [0.15, 0.2) is 140 Å². The third-order valence-corrected chi connectivity index (χ3v) is 8.76. The predicted molar refractivity (Wildman–Crippen MR) is 169 cm³/mol. The van der Waals surface area contributed by atoms with Gasteiger partial charge in [0.25, 0.3) is 0 Å². The fourth-order valence-electron chi connectivity index (χ4n) is 6.97. The Bertz CT molecular complexity index is 2270. The molecule has 1 aliphatic rings. The van der Waals surface area contributed by atoms with E-state index in [4.69, 9.17) is 0 Å². The number of rotatable bonds is 2. The highest BCUT2D eigenvalue weighted by Crippen LogP contribution is 2.46. The quantitative estimate of drug-likeness (QED) is 0.219. The Morgan fingerprint density at radius 2 is 1.23 bits per heavy atom. The van der Waals surface area contributed by atoms with E-state index in [-0.39, 0.29) is 0 Å². The van der Waals surface area contributed by atoms with Crippen LogP contribution in [0.2, 0.25) is 0 Å². The SMILES string of the molecule is c1ccc(-c2ccc3c(ccc4c3c3cc5c(cc3n4-c3ccccc3)-c3c(ccc4ccccc34)C5)c2)cc1. The van der Waals surface area contributed by atoms with Gasteiger partial charge in [0, 0.05) is 16.5 Å². The van der Waals surface area contributed by atoms with Crippen LogP contribution in [-0.4, -0.2) is 4.57 Å². The lowest BCUT2D eigenvalue weighted by molar-refractivity contribution is 1.18. The zero-order valence-corrected chi connectivity index (χ0v) is 21.9. The van der Waals surface area contributed by atoms with Crippen molar-refractivity contribution in [2.45, 2.75) is 6.42 Å². The Morgan fingerprint density at radius 1 is 0.450 bits per heavy atom. The second-order valence-corrected chi connectivity index (χ2v) is 11.0. The van der Waals surface area contributed by atoms with Crippen molar-refractivity contribution in [3.8, 4) is 27.9 Å². The van der Waals surface area contributed by atoms with Crippen molar-refractivity contribution in [2.75, 3.05) is 0 Å². The monoisotopic (exact) mass is 507 g/mol. The smallest absolute Gasteiger partial charge is 0.0547 e. The normalized spacial score (nSPS) is 12.4. The van der Waals surface area contributed by atoms with Crippen LogP contribution in [0.5, 0.6) is 0 Å². The van der Waals surface area contributed by atoms with Gasteiger partial charge in [0.15, 0.2) is 0 Å². The summed E-state index contributed by atoms with van der Waals surface area (Å²) in [5.74, 6) is 0. The van der Waals surface area contributed by atoms with Crippen LogP contribution in [-0.2, 0) is 6.42 Å². The first-order chi connectivity index (χ1) is 19.8. The van der Waals surface area contributed by atoms with E-state index in [1.165, 1.54) is 82.4 Å². The van der Waals surface area contributed by atoms with Crippen LogP contribution in [0.4, 0.5) is 0 Å². The van der Waals surface area contributed by atoms with E-state index in [2.05, 4.69) is 144 Å². The maximum Gasteiger partial charge on any atom is 0.0547 e. The fourth-order valence-corrected chi connectivity index (χ4v) is 6.97. The van der Waals surface area contributed by atoms with Gasteiger partial charge in [0.2, 0.25) is 0 Å². The van der Waals surface area contributed by atoms with E-state index in [0.29, 0.717) is 0 Å². The molecule has 8 aromatic rings. The molecule has 0 radical (unpaired) electrons. The molecule has 0 fully saturated rings. The van der Waals surface area contributed by atoms with E-state index in [1.54, 1.807) is 0 Å². The molecule has 0 aliphatic heterocycles. The number of hydrogen-bond acceptors (Lipinski definition) is 0. The second kappa shape index (κ2) is 8.18. The van der Waals surface area contributed by atoms with Crippen molar-refractivity contribution < 1.29 is 0 Å². The summed E-state index contributed by atoms with van der Waals surface area (Å²) >= 11 is 0. The lowest BCUT2D eigenvalue weighted by Gasteiger charge is -2.10. The summed E-state index contributed by atoms with van der Waals surface area (Å²) in [5, 5.41) is 7.89. The standard InChI is InChI=1S/C39H25N/c1-3-9-25(10-4-1)27-17-19-33-28(21-27)18-20-36-39(33)35-23-30-22-29-16-15-26-11-7-8-14-32(26)38(29)34(30)24-37(35)40(36)31-12-5-2-6-13-31/h1-21,23-24H,22H2. The Labute approximate surface area is 232 Å². The summed E-state index contributed by atoms with van der Waals surface area (Å²) in [6.07, 6.45) is 0.979. The van der Waals surface area contributed by atoms with Gasteiger partial charge in [-0.25, -0.2) is 0 Å². The maximum atomic E-state index is 2.48. The van der Waals surface area contributed by atoms with Gasteiger partial charge in [-0.1, -0.05) is 103 Å². The van der Waals surface area contributed by atoms with Gasteiger partial charge in [-0.05, 0) is 97.7 Å². The highest BCUT2D eigenvalue weighted by molar-refractivity contribution is 6.22. The molecule has 1 heterocycles. The molecule has 40 heavy (non-hydrogen) atoms. The Balaban J connectivity index is 1.38. The molecule has 1 aliphatic carbocycles. The maximum absolute atomic E-state index is 2.48. The van der Waals surface area contributed by atoms with Gasteiger partial charge in [-0.3, -0.25) is 0 Å². The number of aromatic nitrogens is 1. The molecule has 0 atom stereocenters. The zero-order chi connectivity index (χ0) is 26.2. The molecular weight excluding hydrogens is 482 g/mol. The van der Waals surface area contributed by atoms with Crippen molar-refractivity contribution in [2.24, 2.45) is 0 Å². The van der Waals surface area contributed by atoms with Crippen molar-refractivity contribution in [3.63, 3.8) is 0 Å². The van der Waals surface area contributed by atoms with E-state index < -0.39 is 0 Å². The highest BCUT2D eigenvalue weighted by Gasteiger charge is 2.24. The first kappa shape index (κ1) is 21.8. The molecule has 186 valence electrons. The first-order valence-electron chi connectivity index (χ1n) is 14.0. The van der Waals surface area contributed by atoms with E-state index >= 15 is 0 Å². The van der Waals surface area contributed by atoms with E-state index in [9.17, 15) is 0 Å². The van der Waals surface area contributed by atoms with Gasteiger partial charge in [0.05, 0.1) is 11.0 Å². The molecule has 7 aromatic carbocycles. The number of benzene rings is 7. The van der Waals surface area contributed by atoms with Gasteiger partial charge < -0.3 is 4.57 Å². The number of hydrogen-bond donors (Lipinski definition) is 0. The third-order valence-electron chi connectivity index (χ3n) is 8.76. The van der Waals surface area contributed by atoms with Crippen molar-refractivity contribution in [3.05, 3.63) is 151 Å². The topological polar surface area (TPSA) is 4.93 Å². The molecule has 9 rings (SSSR count). The van der Waals surface area contributed by atoms with Gasteiger partial charge in [-0.2, -0.15) is 0 Å². The van der Waals surface area contributed by atoms with Crippen molar-refractivity contribution in [1.82, 2.24) is 4.57 Å². The largest absolute Gasteiger partial charge is 0.309 e. The third kappa shape index (κ3) is 3.03. The number of para-hydroxylation sites is 1. The molecular formula is C39H25N. The average Bonchev–Trinajstić information content (AvgIpc) is 3.55. The summed E-state index contributed by atoms with van der Waals surface area (Å²) in [7, 11) is 0. The number of nitrogens with zero attached hydrogens (tertiary/aromatic N) is 1. The van der Waals surface area contributed by atoms with Crippen LogP contribution in [0.1, 0.15) is 11.1 Å². The Morgan fingerprint density at radius 3 is 2.10 bits per heavy atom. The van der Waals surface area contributed by atoms with Crippen LogP contribution in [0.3, 0.4) is 0 Å². The fraction of sp³-hybridized carbons (Fsp3) is 0.0256. The predicted octanol–water partition coefficient (Wildman–Crippen LogP) is 10.3. The summed E-state index contributed by atoms with van der Waals surface area (Å²) in [6.45, 7) is 0. The minimum Gasteiger partial charge on any atom is -0.309 e.